The van der Waals surface area contributed by atoms with E-state index in [0.717, 1.165) is 5.56 Å². The Bertz CT molecular complexity index is 425. The standard InChI is InChI=1S/C11H10Cl3NO/c1-7-3-2-4-8(5-7)9-6-16-10(15-9)11(12,13)14/h2-5,9H,6H2,1H3. The predicted octanol–water partition coefficient (Wildman–Crippen LogP) is 3.84. The van der Waals surface area contributed by atoms with Gasteiger partial charge in [-0.3, -0.25) is 0 Å². The van der Waals surface area contributed by atoms with Crippen LogP contribution in [0.2, 0.25) is 0 Å². The van der Waals surface area contributed by atoms with Crippen LogP contribution in [-0.2, 0) is 4.74 Å². The van der Waals surface area contributed by atoms with Crippen LogP contribution in [0.4, 0.5) is 0 Å². The first-order chi connectivity index (χ1) is 7.47. The first-order valence-electron chi connectivity index (χ1n) is 4.81. The first-order valence-corrected chi connectivity index (χ1v) is 5.94. The predicted molar refractivity (Wildman–Crippen MR) is 67.6 cm³/mol. The minimum Gasteiger partial charge on any atom is -0.475 e. The second-order valence-corrected chi connectivity index (χ2v) is 5.95. The summed E-state index contributed by atoms with van der Waals surface area (Å²) >= 11 is 17.1. The Labute approximate surface area is 109 Å². The van der Waals surface area contributed by atoms with Crippen molar-refractivity contribution >= 4 is 40.7 Å². The van der Waals surface area contributed by atoms with E-state index in [1.165, 1.54) is 5.56 Å². The summed E-state index contributed by atoms with van der Waals surface area (Å²) in [6.45, 7) is 2.45. The van der Waals surface area contributed by atoms with Crippen molar-refractivity contribution in [2.24, 2.45) is 4.99 Å². The fraction of sp³-hybridized carbons (Fsp3) is 0.364. The molecule has 5 heteroatoms. The summed E-state index contributed by atoms with van der Waals surface area (Å²) in [7, 11) is 0. The summed E-state index contributed by atoms with van der Waals surface area (Å²) in [5.41, 5.74) is 2.25. The monoisotopic (exact) mass is 277 g/mol. The average Bonchev–Trinajstić information content (AvgIpc) is 2.65. The van der Waals surface area contributed by atoms with E-state index in [-0.39, 0.29) is 11.9 Å². The molecule has 1 atom stereocenters. The number of aliphatic imine (C=N–C) groups is 1. The Morgan fingerprint density at radius 2 is 2.12 bits per heavy atom. The highest BCUT2D eigenvalue weighted by Crippen LogP contribution is 2.34. The van der Waals surface area contributed by atoms with Gasteiger partial charge in [0.25, 0.3) is 3.79 Å². The average molecular weight is 279 g/mol. The molecule has 1 aliphatic rings. The summed E-state index contributed by atoms with van der Waals surface area (Å²) in [4.78, 5) is 4.27. The Kier molecular flexibility index (Phi) is 3.34. The van der Waals surface area contributed by atoms with E-state index in [2.05, 4.69) is 11.1 Å². The molecule has 1 aliphatic heterocycles. The summed E-state index contributed by atoms with van der Waals surface area (Å²) in [5, 5.41) is 0. The van der Waals surface area contributed by atoms with Gasteiger partial charge in [0.15, 0.2) is 0 Å². The number of ether oxygens (including phenoxy) is 1. The lowest BCUT2D eigenvalue weighted by atomic mass is 10.1. The van der Waals surface area contributed by atoms with Crippen LogP contribution in [0.3, 0.4) is 0 Å². The molecule has 2 rings (SSSR count). The van der Waals surface area contributed by atoms with Crippen LogP contribution in [0, 0.1) is 6.92 Å². The Morgan fingerprint density at radius 1 is 1.38 bits per heavy atom. The van der Waals surface area contributed by atoms with Gasteiger partial charge in [0, 0.05) is 0 Å². The van der Waals surface area contributed by atoms with Gasteiger partial charge < -0.3 is 4.74 Å². The number of rotatable bonds is 1. The molecular weight excluding hydrogens is 268 g/mol. The van der Waals surface area contributed by atoms with Gasteiger partial charge in [-0.05, 0) is 12.5 Å². The zero-order chi connectivity index (χ0) is 11.8. The second-order valence-electron chi connectivity index (χ2n) is 3.67. The number of hydrogen-bond acceptors (Lipinski definition) is 2. The number of benzene rings is 1. The molecule has 0 aromatic heterocycles. The van der Waals surface area contributed by atoms with Crippen LogP contribution in [0.5, 0.6) is 0 Å². The highest BCUT2D eigenvalue weighted by molar-refractivity contribution is 6.76. The molecule has 1 unspecified atom stereocenters. The second kappa shape index (κ2) is 4.44. The maximum absolute atomic E-state index is 5.70. The molecule has 0 N–H and O–H groups in total. The van der Waals surface area contributed by atoms with Gasteiger partial charge in [0.1, 0.15) is 12.6 Å². The van der Waals surface area contributed by atoms with Crippen LogP contribution < -0.4 is 0 Å². The van der Waals surface area contributed by atoms with Gasteiger partial charge in [-0.2, -0.15) is 0 Å². The molecule has 1 aromatic rings. The maximum Gasteiger partial charge on any atom is 0.266 e. The lowest BCUT2D eigenvalue weighted by molar-refractivity contribution is 0.314. The highest BCUT2D eigenvalue weighted by atomic mass is 35.6. The molecule has 1 aromatic carbocycles. The van der Waals surface area contributed by atoms with E-state index >= 15 is 0 Å². The number of halogens is 3. The first kappa shape index (κ1) is 12.0. The SMILES string of the molecule is Cc1cccc(C2COC(C(Cl)(Cl)Cl)=N2)c1. The van der Waals surface area contributed by atoms with Crippen molar-refractivity contribution in [2.45, 2.75) is 16.8 Å². The third-order valence-corrected chi connectivity index (χ3v) is 2.81. The molecule has 2 nitrogen and oxygen atoms in total. The largest absolute Gasteiger partial charge is 0.475 e. The molecule has 0 amide bonds. The van der Waals surface area contributed by atoms with E-state index in [4.69, 9.17) is 39.5 Å². The summed E-state index contributed by atoms with van der Waals surface area (Å²) in [6.07, 6.45) is 0. The number of hydrogen-bond donors (Lipinski definition) is 0. The quantitative estimate of drug-likeness (QED) is 0.715. The fourth-order valence-electron chi connectivity index (χ4n) is 1.58. The zero-order valence-electron chi connectivity index (χ0n) is 8.58. The molecule has 0 aliphatic carbocycles. The zero-order valence-corrected chi connectivity index (χ0v) is 10.9. The van der Waals surface area contributed by atoms with E-state index in [0.29, 0.717) is 6.61 Å². The molecule has 0 saturated carbocycles. The van der Waals surface area contributed by atoms with Crippen LogP contribution in [0.1, 0.15) is 17.2 Å². The summed E-state index contributed by atoms with van der Waals surface area (Å²) in [6, 6.07) is 7.97. The molecule has 0 radical (unpaired) electrons. The van der Waals surface area contributed by atoms with Crippen molar-refractivity contribution < 1.29 is 4.74 Å². The van der Waals surface area contributed by atoms with Gasteiger partial charge in [0.2, 0.25) is 5.90 Å². The van der Waals surface area contributed by atoms with E-state index in [1.54, 1.807) is 0 Å². The molecule has 0 fully saturated rings. The van der Waals surface area contributed by atoms with Gasteiger partial charge in [-0.1, -0.05) is 64.6 Å². The van der Waals surface area contributed by atoms with Crippen LogP contribution >= 0.6 is 34.8 Å². The smallest absolute Gasteiger partial charge is 0.266 e. The van der Waals surface area contributed by atoms with E-state index in [1.807, 2.05) is 25.1 Å². The molecule has 16 heavy (non-hydrogen) atoms. The summed E-state index contributed by atoms with van der Waals surface area (Å²) in [5.74, 6) is 0.170. The minimum atomic E-state index is -1.57. The van der Waals surface area contributed by atoms with Crippen LogP contribution in [0.15, 0.2) is 29.3 Å². The number of aryl methyl sites for hydroxylation is 1. The van der Waals surface area contributed by atoms with Gasteiger partial charge in [-0.25, -0.2) is 4.99 Å². The molecule has 0 spiro atoms. The Balaban J connectivity index is 2.23. The van der Waals surface area contributed by atoms with Crippen LogP contribution in [0.25, 0.3) is 0 Å². The van der Waals surface area contributed by atoms with Crippen molar-refractivity contribution in [3.63, 3.8) is 0 Å². The van der Waals surface area contributed by atoms with Crippen molar-refractivity contribution in [1.29, 1.82) is 0 Å². The fourth-order valence-corrected chi connectivity index (χ4v) is 1.89. The lowest BCUT2D eigenvalue weighted by Crippen LogP contribution is -2.18. The number of nitrogens with zero attached hydrogens (tertiary/aromatic N) is 1. The van der Waals surface area contributed by atoms with Gasteiger partial charge in [-0.15, -0.1) is 0 Å². The van der Waals surface area contributed by atoms with Gasteiger partial charge in [0.05, 0.1) is 0 Å². The molecule has 0 bridgehead atoms. The Morgan fingerprint density at radius 3 is 2.69 bits per heavy atom. The van der Waals surface area contributed by atoms with E-state index < -0.39 is 3.79 Å². The molecule has 1 heterocycles. The van der Waals surface area contributed by atoms with Crippen molar-refractivity contribution in [3.8, 4) is 0 Å². The Hall–Kier alpha value is -0.440. The summed E-state index contributed by atoms with van der Waals surface area (Å²) < 4.78 is 3.71. The topological polar surface area (TPSA) is 21.6 Å². The molecular formula is C11H10Cl3NO. The van der Waals surface area contributed by atoms with Gasteiger partial charge >= 0.3 is 0 Å². The number of alkyl halides is 3. The molecule has 86 valence electrons. The van der Waals surface area contributed by atoms with Crippen molar-refractivity contribution in [1.82, 2.24) is 0 Å². The van der Waals surface area contributed by atoms with Crippen molar-refractivity contribution in [3.05, 3.63) is 35.4 Å². The molecule has 0 saturated heterocycles. The maximum atomic E-state index is 5.70. The highest BCUT2D eigenvalue weighted by Gasteiger charge is 2.35. The third kappa shape index (κ3) is 2.62. The third-order valence-electron chi connectivity index (χ3n) is 2.32. The minimum absolute atomic E-state index is 0.0782. The normalized spacial score (nSPS) is 20.5. The lowest BCUT2D eigenvalue weighted by Gasteiger charge is -2.08. The van der Waals surface area contributed by atoms with E-state index in [9.17, 15) is 0 Å². The van der Waals surface area contributed by atoms with Crippen LogP contribution in [-0.4, -0.2) is 16.3 Å². The van der Waals surface area contributed by atoms with Crippen molar-refractivity contribution in [2.75, 3.05) is 6.61 Å².